The van der Waals surface area contributed by atoms with Gasteiger partial charge in [0.1, 0.15) is 10.00 Å². The molecule has 1 heterocycles. The van der Waals surface area contributed by atoms with Crippen molar-refractivity contribution in [1.29, 1.82) is 0 Å². The summed E-state index contributed by atoms with van der Waals surface area (Å²) >= 11 is 10.2. The van der Waals surface area contributed by atoms with Crippen LogP contribution in [0.2, 0.25) is 0 Å². The zero-order valence-corrected chi connectivity index (χ0v) is 13.7. The monoisotopic (exact) mass is 355 g/mol. The highest BCUT2D eigenvalue weighted by Crippen LogP contribution is 2.22. The van der Waals surface area contributed by atoms with Gasteiger partial charge in [-0.05, 0) is 24.6 Å². The van der Waals surface area contributed by atoms with E-state index in [0.717, 1.165) is 27.2 Å². The maximum Gasteiger partial charge on any atom is 0.112 e. The molecule has 19 heavy (non-hydrogen) atoms. The SMILES string of the molecule is CCc1cnc(CNc2ccc(Br)cc2C(N)=S)s1. The molecule has 0 spiro atoms. The maximum atomic E-state index is 5.74. The van der Waals surface area contributed by atoms with E-state index in [-0.39, 0.29) is 0 Å². The third-order valence-electron chi connectivity index (χ3n) is 2.63. The van der Waals surface area contributed by atoms with Crippen molar-refractivity contribution in [2.75, 3.05) is 5.32 Å². The van der Waals surface area contributed by atoms with Crippen LogP contribution in [-0.4, -0.2) is 9.97 Å². The van der Waals surface area contributed by atoms with E-state index in [2.05, 4.69) is 33.2 Å². The van der Waals surface area contributed by atoms with Gasteiger partial charge in [-0.15, -0.1) is 11.3 Å². The number of nitrogens with zero attached hydrogens (tertiary/aromatic N) is 1. The predicted octanol–water partition coefficient (Wildman–Crippen LogP) is 3.71. The van der Waals surface area contributed by atoms with E-state index in [1.54, 1.807) is 11.3 Å². The van der Waals surface area contributed by atoms with Gasteiger partial charge in [0, 0.05) is 26.8 Å². The Morgan fingerprint density at radius 3 is 2.95 bits per heavy atom. The number of thiazole rings is 1. The van der Waals surface area contributed by atoms with Crippen LogP contribution in [0, 0.1) is 0 Å². The van der Waals surface area contributed by atoms with Gasteiger partial charge in [0.2, 0.25) is 0 Å². The lowest BCUT2D eigenvalue weighted by Gasteiger charge is -2.10. The molecule has 0 amide bonds. The van der Waals surface area contributed by atoms with Crippen LogP contribution in [0.1, 0.15) is 22.4 Å². The molecule has 0 bridgehead atoms. The van der Waals surface area contributed by atoms with Gasteiger partial charge >= 0.3 is 0 Å². The number of hydrogen-bond acceptors (Lipinski definition) is 4. The topological polar surface area (TPSA) is 50.9 Å². The molecule has 0 fully saturated rings. The summed E-state index contributed by atoms with van der Waals surface area (Å²) < 4.78 is 0.961. The van der Waals surface area contributed by atoms with Crippen molar-refractivity contribution < 1.29 is 0 Å². The highest BCUT2D eigenvalue weighted by molar-refractivity contribution is 9.10. The van der Waals surface area contributed by atoms with Crippen LogP contribution in [-0.2, 0) is 13.0 Å². The number of aryl methyl sites for hydroxylation is 1. The summed E-state index contributed by atoms with van der Waals surface area (Å²) in [7, 11) is 0. The Morgan fingerprint density at radius 2 is 2.32 bits per heavy atom. The number of rotatable bonds is 5. The number of thiocarbonyl (C=S) groups is 1. The number of hydrogen-bond donors (Lipinski definition) is 2. The molecule has 3 N–H and O–H groups in total. The molecule has 0 aliphatic heterocycles. The molecular weight excluding hydrogens is 342 g/mol. The van der Waals surface area contributed by atoms with E-state index in [9.17, 15) is 0 Å². The first-order valence-electron chi connectivity index (χ1n) is 5.87. The first-order valence-corrected chi connectivity index (χ1v) is 7.88. The second-order valence-electron chi connectivity index (χ2n) is 3.98. The highest BCUT2D eigenvalue weighted by atomic mass is 79.9. The van der Waals surface area contributed by atoms with Crippen molar-refractivity contribution in [2.24, 2.45) is 5.73 Å². The van der Waals surface area contributed by atoms with Crippen molar-refractivity contribution in [3.8, 4) is 0 Å². The quantitative estimate of drug-likeness (QED) is 0.802. The molecule has 0 saturated heterocycles. The van der Waals surface area contributed by atoms with Crippen LogP contribution < -0.4 is 11.1 Å². The van der Waals surface area contributed by atoms with Gasteiger partial charge < -0.3 is 11.1 Å². The summed E-state index contributed by atoms with van der Waals surface area (Å²) in [5.41, 5.74) is 7.51. The van der Waals surface area contributed by atoms with Crippen molar-refractivity contribution in [2.45, 2.75) is 19.9 Å². The van der Waals surface area contributed by atoms with E-state index >= 15 is 0 Å². The average molecular weight is 356 g/mol. The summed E-state index contributed by atoms with van der Waals surface area (Å²) in [6.45, 7) is 2.81. The van der Waals surface area contributed by atoms with E-state index in [1.165, 1.54) is 4.88 Å². The number of aromatic nitrogens is 1. The summed E-state index contributed by atoms with van der Waals surface area (Å²) in [6, 6.07) is 5.85. The minimum atomic E-state index is 0.386. The van der Waals surface area contributed by atoms with E-state index in [4.69, 9.17) is 18.0 Å². The Balaban J connectivity index is 2.12. The zero-order valence-electron chi connectivity index (χ0n) is 10.4. The molecule has 0 aliphatic rings. The van der Waals surface area contributed by atoms with Gasteiger partial charge in [-0.25, -0.2) is 4.98 Å². The number of halogens is 1. The number of nitrogens with one attached hydrogen (secondary N) is 1. The van der Waals surface area contributed by atoms with Crippen molar-refractivity contribution in [1.82, 2.24) is 4.98 Å². The van der Waals surface area contributed by atoms with E-state index in [1.807, 2.05) is 24.4 Å². The van der Waals surface area contributed by atoms with Crippen LogP contribution in [0.25, 0.3) is 0 Å². The van der Waals surface area contributed by atoms with Crippen LogP contribution in [0.15, 0.2) is 28.9 Å². The summed E-state index contributed by atoms with van der Waals surface area (Å²) in [5.74, 6) is 0. The van der Waals surface area contributed by atoms with Crippen molar-refractivity contribution in [3.05, 3.63) is 44.3 Å². The first-order chi connectivity index (χ1) is 9.10. The van der Waals surface area contributed by atoms with E-state index in [0.29, 0.717) is 11.5 Å². The lowest BCUT2D eigenvalue weighted by atomic mass is 10.2. The van der Waals surface area contributed by atoms with Gasteiger partial charge in [-0.3, -0.25) is 0 Å². The fraction of sp³-hybridized carbons (Fsp3) is 0.231. The van der Waals surface area contributed by atoms with Gasteiger partial charge in [-0.2, -0.15) is 0 Å². The molecule has 6 heteroatoms. The van der Waals surface area contributed by atoms with Crippen molar-refractivity contribution in [3.63, 3.8) is 0 Å². The molecular formula is C13H14BrN3S2. The van der Waals surface area contributed by atoms with Crippen LogP contribution in [0.5, 0.6) is 0 Å². The summed E-state index contributed by atoms with van der Waals surface area (Å²) in [5, 5.41) is 4.40. The summed E-state index contributed by atoms with van der Waals surface area (Å²) in [6.07, 6.45) is 2.95. The smallest absolute Gasteiger partial charge is 0.112 e. The normalized spacial score (nSPS) is 10.4. The molecule has 0 saturated carbocycles. The lowest BCUT2D eigenvalue weighted by molar-refractivity contribution is 1.09. The Bertz CT molecular complexity index is 595. The second kappa shape index (κ2) is 6.45. The molecule has 100 valence electrons. The Labute approximate surface area is 130 Å². The van der Waals surface area contributed by atoms with Crippen molar-refractivity contribution >= 4 is 50.2 Å². The average Bonchev–Trinajstić information content (AvgIpc) is 2.85. The maximum absolute atomic E-state index is 5.74. The van der Waals surface area contributed by atoms with Gasteiger partial charge in [0.25, 0.3) is 0 Å². The van der Waals surface area contributed by atoms with Gasteiger partial charge in [0.05, 0.1) is 6.54 Å². The fourth-order valence-corrected chi connectivity index (χ4v) is 2.97. The molecule has 0 unspecified atom stereocenters. The lowest BCUT2D eigenvalue weighted by Crippen LogP contribution is -2.13. The molecule has 0 radical (unpaired) electrons. The first kappa shape index (κ1) is 14.4. The fourth-order valence-electron chi connectivity index (χ4n) is 1.64. The molecule has 1 aromatic heterocycles. The molecule has 0 atom stereocenters. The van der Waals surface area contributed by atoms with Crippen LogP contribution in [0.4, 0.5) is 5.69 Å². The van der Waals surface area contributed by atoms with Crippen LogP contribution in [0.3, 0.4) is 0 Å². The Hall–Kier alpha value is -0.980. The third-order valence-corrected chi connectivity index (χ3v) is 4.48. The molecule has 2 rings (SSSR count). The Morgan fingerprint density at radius 1 is 1.53 bits per heavy atom. The predicted molar refractivity (Wildman–Crippen MR) is 88.8 cm³/mol. The van der Waals surface area contributed by atoms with Crippen LogP contribution >= 0.6 is 39.5 Å². The highest BCUT2D eigenvalue weighted by Gasteiger charge is 2.07. The number of nitrogens with two attached hydrogens (primary N) is 1. The standard InChI is InChI=1S/C13H14BrN3S2/c1-2-9-6-17-12(19-9)7-16-11-4-3-8(14)5-10(11)13(15)18/h3-6,16H,2,7H2,1H3,(H2,15,18). The van der Waals surface area contributed by atoms with Gasteiger partial charge in [0.15, 0.2) is 0 Å². The molecule has 1 aromatic carbocycles. The zero-order chi connectivity index (χ0) is 13.8. The minimum Gasteiger partial charge on any atom is -0.389 e. The van der Waals surface area contributed by atoms with Gasteiger partial charge in [-0.1, -0.05) is 35.1 Å². The molecule has 3 nitrogen and oxygen atoms in total. The Kier molecular flexibility index (Phi) is 4.90. The number of anilines is 1. The number of benzene rings is 1. The minimum absolute atomic E-state index is 0.386. The third kappa shape index (κ3) is 3.75. The molecule has 2 aromatic rings. The largest absolute Gasteiger partial charge is 0.389 e. The van der Waals surface area contributed by atoms with E-state index < -0.39 is 0 Å². The second-order valence-corrected chi connectivity index (χ2v) is 6.54. The molecule has 0 aliphatic carbocycles. The summed E-state index contributed by atoms with van der Waals surface area (Å²) in [4.78, 5) is 6.06.